The van der Waals surface area contributed by atoms with Gasteiger partial charge in [-0.25, -0.2) is 4.79 Å². The fourth-order valence-corrected chi connectivity index (χ4v) is 2.00. The first-order chi connectivity index (χ1) is 11.4. The van der Waals surface area contributed by atoms with Crippen molar-refractivity contribution in [3.8, 4) is 11.8 Å². The third kappa shape index (κ3) is 6.72. The highest BCUT2D eigenvalue weighted by atomic mass is 35.6. The molecule has 0 saturated heterocycles. The highest BCUT2D eigenvalue weighted by molar-refractivity contribution is 6.67. The number of nitrogens with one attached hydrogen (secondary N) is 1. The summed E-state index contributed by atoms with van der Waals surface area (Å²) in [6.45, 7) is -0.350. The minimum atomic E-state index is -1.66. The van der Waals surface area contributed by atoms with Crippen molar-refractivity contribution < 1.29 is 9.53 Å². The van der Waals surface area contributed by atoms with Gasteiger partial charge in [-0.15, -0.1) is 0 Å². The van der Waals surface area contributed by atoms with Gasteiger partial charge in [-0.2, -0.15) is 0 Å². The van der Waals surface area contributed by atoms with Crippen LogP contribution < -0.4 is 5.32 Å². The van der Waals surface area contributed by atoms with Crippen LogP contribution in [-0.4, -0.2) is 16.5 Å². The third-order valence-electron chi connectivity index (χ3n) is 2.90. The second kappa shape index (κ2) is 8.84. The number of hydrogen-bond acceptors (Lipinski definition) is 2. The zero-order valence-corrected chi connectivity index (χ0v) is 14.8. The molecule has 2 aromatic rings. The lowest BCUT2D eigenvalue weighted by Crippen LogP contribution is -2.30. The van der Waals surface area contributed by atoms with E-state index in [1.807, 2.05) is 60.7 Å². The summed E-state index contributed by atoms with van der Waals surface area (Å²) in [6.07, 6.45) is -0.711. The minimum absolute atomic E-state index is 0.350. The predicted molar refractivity (Wildman–Crippen MR) is 97.3 cm³/mol. The molecule has 0 aliphatic rings. The largest absolute Gasteiger partial charge is 0.445 e. The van der Waals surface area contributed by atoms with Crippen LogP contribution in [0.2, 0.25) is 0 Å². The Hall–Kier alpha value is -1.86. The van der Waals surface area contributed by atoms with Gasteiger partial charge in [0.25, 0.3) is 0 Å². The maximum atomic E-state index is 11.9. The molecular weight excluding hydrogens is 369 g/mol. The van der Waals surface area contributed by atoms with Crippen molar-refractivity contribution in [2.45, 2.75) is 9.83 Å². The fraction of sp³-hybridized carbons (Fsp3) is 0.167. The molecule has 0 aliphatic carbocycles. The van der Waals surface area contributed by atoms with Crippen molar-refractivity contribution in [1.82, 2.24) is 5.32 Å². The summed E-state index contributed by atoms with van der Waals surface area (Å²) in [7, 11) is 0. The summed E-state index contributed by atoms with van der Waals surface area (Å²) in [4.78, 5) is 11.9. The molecule has 0 heterocycles. The molecule has 1 atom stereocenters. The number of carbonyl (C=O) groups is 1. The van der Waals surface area contributed by atoms with E-state index >= 15 is 0 Å². The van der Waals surface area contributed by atoms with Gasteiger partial charge in [0.2, 0.25) is 3.79 Å². The molecule has 6 heteroatoms. The van der Waals surface area contributed by atoms with Crippen LogP contribution in [0.5, 0.6) is 0 Å². The van der Waals surface area contributed by atoms with Crippen molar-refractivity contribution in [2.75, 3.05) is 6.61 Å². The molecule has 3 nitrogen and oxygen atoms in total. The molecular formula is C18H14Cl3NO2. The summed E-state index contributed by atoms with van der Waals surface area (Å²) in [5, 5.41) is 2.67. The maximum absolute atomic E-state index is 11.9. The molecule has 24 heavy (non-hydrogen) atoms. The predicted octanol–water partition coefficient (Wildman–Crippen LogP) is 4.88. The van der Waals surface area contributed by atoms with Crippen molar-refractivity contribution in [3.63, 3.8) is 0 Å². The van der Waals surface area contributed by atoms with Crippen LogP contribution in [0.25, 0.3) is 0 Å². The summed E-state index contributed by atoms with van der Waals surface area (Å²) < 4.78 is 3.24. The topological polar surface area (TPSA) is 38.3 Å². The molecule has 0 radical (unpaired) electrons. The fourth-order valence-electron chi connectivity index (χ4n) is 1.83. The molecule has 2 aromatic carbocycles. The molecule has 1 N–H and O–H groups in total. The quantitative estimate of drug-likeness (QED) is 0.607. The van der Waals surface area contributed by atoms with E-state index in [1.54, 1.807) is 0 Å². The number of hydrogen-bond donors (Lipinski definition) is 1. The number of halogens is 3. The highest BCUT2D eigenvalue weighted by Crippen LogP contribution is 2.26. The maximum Gasteiger partial charge on any atom is 0.408 e. The summed E-state index contributed by atoms with van der Waals surface area (Å²) >= 11 is 16.7. The Morgan fingerprint density at radius 3 is 2.21 bits per heavy atom. The summed E-state index contributed by atoms with van der Waals surface area (Å²) in [6, 6.07) is 18.2. The van der Waals surface area contributed by atoms with Crippen molar-refractivity contribution in [1.29, 1.82) is 0 Å². The molecule has 0 saturated carbocycles. The van der Waals surface area contributed by atoms with Gasteiger partial charge in [0.1, 0.15) is 12.6 Å². The van der Waals surface area contributed by atoms with Gasteiger partial charge in [0.15, 0.2) is 0 Å². The summed E-state index contributed by atoms with van der Waals surface area (Å²) in [5.74, 6) is 6.04. The van der Waals surface area contributed by atoms with Crippen LogP contribution in [0.1, 0.15) is 17.2 Å². The first-order valence-electron chi connectivity index (χ1n) is 7.05. The third-order valence-corrected chi connectivity index (χ3v) is 3.22. The van der Waals surface area contributed by atoms with Crippen LogP contribution in [-0.2, 0) is 4.74 Å². The van der Waals surface area contributed by atoms with Crippen LogP contribution in [0.4, 0.5) is 4.79 Å². The minimum Gasteiger partial charge on any atom is -0.445 e. The standard InChI is InChI=1S/C18H14Cl3NO2/c19-18(20,21)13-24-17(23)22-16(15-9-5-2-6-10-15)12-11-14-7-3-1-4-8-14/h1-10,16H,13H2,(H,22,23). The van der Waals surface area contributed by atoms with Crippen LogP contribution >= 0.6 is 34.8 Å². The number of amides is 1. The van der Waals surface area contributed by atoms with Gasteiger partial charge in [0.05, 0.1) is 0 Å². The number of benzene rings is 2. The van der Waals surface area contributed by atoms with Crippen molar-refractivity contribution >= 4 is 40.9 Å². The second-order valence-corrected chi connectivity index (χ2v) is 7.33. The summed E-state index contributed by atoms with van der Waals surface area (Å²) in [5.41, 5.74) is 1.67. The van der Waals surface area contributed by atoms with E-state index in [4.69, 9.17) is 39.5 Å². The second-order valence-electron chi connectivity index (χ2n) is 4.81. The van der Waals surface area contributed by atoms with E-state index in [9.17, 15) is 4.79 Å². The van der Waals surface area contributed by atoms with Gasteiger partial charge < -0.3 is 10.1 Å². The SMILES string of the molecule is O=C(NC(C#Cc1ccccc1)c1ccccc1)OCC(Cl)(Cl)Cl. The van der Waals surface area contributed by atoms with Crippen molar-refractivity contribution in [3.05, 3.63) is 71.8 Å². The zero-order chi connectivity index (χ0) is 17.4. The van der Waals surface area contributed by atoms with Gasteiger partial charge in [-0.3, -0.25) is 0 Å². The Morgan fingerprint density at radius 2 is 1.62 bits per heavy atom. The Balaban J connectivity index is 2.13. The molecule has 0 spiro atoms. The monoisotopic (exact) mass is 381 g/mol. The van der Waals surface area contributed by atoms with Crippen LogP contribution in [0.3, 0.4) is 0 Å². The van der Waals surface area contributed by atoms with Gasteiger partial charge in [-0.1, -0.05) is 95.2 Å². The van der Waals surface area contributed by atoms with Crippen molar-refractivity contribution in [2.24, 2.45) is 0 Å². The molecule has 2 rings (SSSR count). The van der Waals surface area contributed by atoms with E-state index in [0.717, 1.165) is 11.1 Å². The van der Waals surface area contributed by atoms with E-state index in [1.165, 1.54) is 0 Å². The van der Waals surface area contributed by atoms with Crippen LogP contribution in [0.15, 0.2) is 60.7 Å². The number of rotatable bonds is 3. The Kier molecular flexibility index (Phi) is 6.81. The van der Waals surface area contributed by atoms with E-state index in [2.05, 4.69) is 17.2 Å². The molecule has 0 aromatic heterocycles. The lowest BCUT2D eigenvalue weighted by Gasteiger charge is -2.16. The first-order valence-corrected chi connectivity index (χ1v) is 8.19. The average molecular weight is 383 g/mol. The zero-order valence-electron chi connectivity index (χ0n) is 12.5. The molecule has 0 fully saturated rings. The lowest BCUT2D eigenvalue weighted by molar-refractivity contribution is 0.146. The average Bonchev–Trinajstić information content (AvgIpc) is 2.58. The first kappa shape index (κ1) is 18.5. The van der Waals surface area contributed by atoms with Gasteiger partial charge in [0, 0.05) is 5.56 Å². The highest BCUT2D eigenvalue weighted by Gasteiger charge is 2.23. The van der Waals surface area contributed by atoms with Gasteiger partial charge in [-0.05, 0) is 17.7 Å². The van der Waals surface area contributed by atoms with Gasteiger partial charge >= 0.3 is 6.09 Å². The lowest BCUT2D eigenvalue weighted by atomic mass is 10.1. The Morgan fingerprint density at radius 1 is 1.04 bits per heavy atom. The molecule has 0 aliphatic heterocycles. The van der Waals surface area contributed by atoms with E-state index in [0.29, 0.717) is 0 Å². The van der Waals surface area contributed by atoms with E-state index < -0.39 is 15.9 Å². The number of carbonyl (C=O) groups excluding carboxylic acids is 1. The number of ether oxygens (including phenoxy) is 1. The number of alkyl halides is 3. The Bertz CT molecular complexity index is 719. The number of alkyl carbamates (subject to hydrolysis) is 1. The van der Waals surface area contributed by atoms with Crippen LogP contribution in [0, 0.1) is 11.8 Å². The molecule has 0 bridgehead atoms. The normalized spacial score (nSPS) is 11.8. The molecule has 124 valence electrons. The smallest absolute Gasteiger partial charge is 0.408 e. The molecule has 1 unspecified atom stereocenters. The molecule has 1 amide bonds. The van der Waals surface area contributed by atoms with E-state index in [-0.39, 0.29) is 6.61 Å². The Labute approximate surface area is 155 Å².